The molecule has 0 saturated carbocycles. The van der Waals surface area contributed by atoms with E-state index in [-0.39, 0.29) is 0 Å². The minimum atomic E-state index is 0.458. The van der Waals surface area contributed by atoms with Crippen molar-refractivity contribution in [3.05, 3.63) is 76.9 Å². The Morgan fingerprint density at radius 3 is 2.59 bits per heavy atom. The lowest BCUT2D eigenvalue weighted by molar-refractivity contribution is 0.866. The molecule has 2 heterocycles. The molecule has 0 bridgehead atoms. The lowest BCUT2D eigenvalue weighted by Gasteiger charge is -2.06. The van der Waals surface area contributed by atoms with Crippen molar-refractivity contribution in [3.63, 3.8) is 0 Å². The molecule has 4 aromatic rings. The number of thiocarbonyl (C=S) groups is 1. The number of aryl methyl sites for hydroxylation is 1. The molecule has 2 aromatic heterocycles. The van der Waals surface area contributed by atoms with E-state index in [9.17, 15) is 0 Å². The number of rotatable bonds is 6. The highest BCUT2D eigenvalue weighted by Crippen LogP contribution is 2.26. The molecule has 0 radical (unpaired) electrons. The number of benzene rings is 2. The second-order valence-corrected chi connectivity index (χ2v) is 7.74. The average Bonchev–Trinajstić information content (AvgIpc) is 3.32. The van der Waals surface area contributed by atoms with Gasteiger partial charge in [-0.3, -0.25) is 5.43 Å². The van der Waals surface area contributed by atoms with Crippen molar-refractivity contribution in [1.82, 2.24) is 25.3 Å². The molecule has 0 atom stereocenters. The maximum absolute atomic E-state index is 5.32. The summed E-state index contributed by atoms with van der Waals surface area (Å²) < 4.78 is 1.84. The van der Waals surface area contributed by atoms with Gasteiger partial charge in [-0.1, -0.05) is 78.9 Å². The molecule has 2 N–H and O–H groups in total. The van der Waals surface area contributed by atoms with E-state index < -0.39 is 0 Å². The van der Waals surface area contributed by atoms with Crippen LogP contribution in [0.3, 0.4) is 0 Å². The minimum Gasteiger partial charge on any atom is -0.357 e. The number of fused-ring (bicyclic) bond motifs is 1. The Morgan fingerprint density at radius 2 is 1.86 bits per heavy atom. The molecule has 0 amide bonds. The maximum atomic E-state index is 5.32. The number of hydrazone groups is 1. The van der Waals surface area contributed by atoms with Crippen molar-refractivity contribution in [2.45, 2.75) is 19.9 Å². The summed E-state index contributed by atoms with van der Waals surface area (Å²) in [6.07, 6.45) is 2.59. The van der Waals surface area contributed by atoms with Gasteiger partial charge in [0.05, 0.1) is 6.21 Å². The van der Waals surface area contributed by atoms with E-state index >= 15 is 0 Å². The van der Waals surface area contributed by atoms with E-state index in [0.29, 0.717) is 11.7 Å². The minimum absolute atomic E-state index is 0.458. The second-order valence-electron chi connectivity index (χ2n) is 6.29. The van der Waals surface area contributed by atoms with Crippen molar-refractivity contribution in [3.8, 4) is 11.3 Å². The lowest BCUT2D eigenvalue weighted by Crippen LogP contribution is -2.31. The third-order valence-corrected chi connectivity index (χ3v) is 5.57. The molecule has 0 saturated heterocycles. The average molecular weight is 421 g/mol. The SMILES string of the molecule is CCc1nn2c(/C=N/NC(=S)NCc3ccccc3)c(-c3ccccc3)nc2s1. The van der Waals surface area contributed by atoms with Gasteiger partial charge in [-0.15, -0.1) is 0 Å². The molecule has 2 aromatic carbocycles. The molecule has 29 heavy (non-hydrogen) atoms. The molecule has 8 heteroatoms. The van der Waals surface area contributed by atoms with Crippen molar-refractivity contribution >= 4 is 39.8 Å². The second kappa shape index (κ2) is 8.93. The Kier molecular flexibility index (Phi) is 5.92. The highest BCUT2D eigenvalue weighted by Gasteiger charge is 2.16. The third kappa shape index (κ3) is 4.49. The molecule has 4 rings (SSSR count). The Balaban J connectivity index is 1.52. The van der Waals surface area contributed by atoms with E-state index in [0.717, 1.165) is 38.9 Å². The smallest absolute Gasteiger partial charge is 0.213 e. The van der Waals surface area contributed by atoms with E-state index in [1.807, 2.05) is 65.2 Å². The van der Waals surface area contributed by atoms with Crippen LogP contribution in [-0.2, 0) is 13.0 Å². The standard InChI is InChI=1S/C21H20N6S2/c1-2-18-26-27-17(19(24-21(27)29-18)16-11-7-4-8-12-16)14-23-25-20(28)22-13-15-9-5-3-6-10-15/h3-12,14H,2,13H2,1H3,(H2,22,25,28)/b23-14+. The molecule has 0 fully saturated rings. The number of hydrogen-bond acceptors (Lipinski definition) is 5. The van der Waals surface area contributed by atoms with Gasteiger partial charge in [0.25, 0.3) is 0 Å². The van der Waals surface area contributed by atoms with Crippen LogP contribution in [0.15, 0.2) is 65.8 Å². The molecular weight excluding hydrogens is 400 g/mol. The zero-order valence-corrected chi connectivity index (χ0v) is 17.5. The first kappa shape index (κ1) is 19.2. The summed E-state index contributed by atoms with van der Waals surface area (Å²) in [4.78, 5) is 5.63. The monoisotopic (exact) mass is 420 g/mol. The van der Waals surface area contributed by atoms with Crippen LogP contribution in [0.4, 0.5) is 0 Å². The van der Waals surface area contributed by atoms with Crippen LogP contribution in [0.1, 0.15) is 23.2 Å². The summed E-state index contributed by atoms with van der Waals surface area (Å²) >= 11 is 6.91. The first-order valence-corrected chi connectivity index (χ1v) is 10.5. The summed E-state index contributed by atoms with van der Waals surface area (Å²) in [5.41, 5.74) is 6.72. The molecule has 0 aliphatic carbocycles. The van der Waals surface area contributed by atoms with Crippen LogP contribution < -0.4 is 10.7 Å². The Labute approximate surface area is 178 Å². The van der Waals surface area contributed by atoms with Crippen LogP contribution in [-0.4, -0.2) is 25.9 Å². The summed E-state index contributed by atoms with van der Waals surface area (Å²) in [6.45, 7) is 2.73. The van der Waals surface area contributed by atoms with E-state index in [2.05, 4.69) is 27.9 Å². The fourth-order valence-corrected chi connectivity index (χ4v) is 3.81. The van der Waals surface area contributed by atoms with Crippen LogP contribution in [0.5, 0.6) is 0 Å². The predicted octanol–water partition coefficient (Wildman–Crippen LogP) is 4.02. The highest BCUT2D eigenvalue weighted by atomic mass is 32.1. The van der Waals surface area contributed by atoms with E-state index in [4.69, 9.17) is 17.2 Å². The topological polar surface area (TPSA) is 66.6 Å². The zero-order valence-electron chi connectivity index (χ0n) is 15.9. The van der Waals surface area contributed by atoms with Crippen molar-refractivity contribution in [2.75, 3.05) is 0 Å². The van der Waals surface area contributed by atoms with Crippen LogP contribution in [0, 0.1) is 0 Å². The van der Waals surface area contributed by atoms with E-state index in [1.165, 1.54) is 0 Å². The number of aromatic nitrogens is 3. The summed E-state index contributed by atoms with van der Waals surface area (Å²) in [6, 6.07) is 20.1. The van der Waals surface area contributed by atoms with Gasteiger partial charge in [-0.25, -0.2) is 9.50 Å². The molecule has 0 spiro atoms. The van der Waals surface area contributed by atoms with Gasteiger partial charge in [0.1, 0.15) is 16.4 Å². The third-order valence-electron chi connectivity index (χ3n) is 4.28. The number of hydrogen-bond donors (Lipinski definition) is 2. The van der Waals surface area contributed by atoms with Gasteiger partial charge in [0, 0.05) is 12.1 Å². The summed E-state index contributed by atoms with van der Waals surface area (Å²) in [5.74, 6) is 0. The molecule has 0 unspecified atom stereocenters. The largest absolute Gasteiger partial charge is 0.357 e. The molecule has 146 valence electrons. The molecule has 0 aliphatic rings. The van der Waals surface area contributed by atoms with Gasteiger partial charge < -0.3 is 5.32 Å². The van der Waals surface area contributed by atoms with E-state index in [1.54, 1.807) is 17.6 Å². The number of nitrogens with one attached hydrogen (secondary N) is 2. The molecule has 0 aliphatic heterocycles. The fourth-order valence-electron chi connectivity index (χ4n) is 2.84. The Morgan fingerprint density at radius 1 is 1.14 bits per heavy atom. The maximum Gasteiger partial charge on any atom is 0.213 e. The van der Waals surface area contributed by atoms with Crippen LogP contribution >= 0.6 is 23.6 Å². The van der Waals surface area contributed by atoms with Crippen molar-refractivity contribution in [1.29, 1.82) is 0 Å². The van der Waals surface area contributed by atoms with Gasteiger partial charge in [-0.2, -0.15) is 10.2 Å². The zero-order chi connectivity index (χ0) is 20.1. The molecule has 6 nitrogen and oxygen atoms in total. The van der Waals surface area contributed by atoms with Gasteiger partial charge in [-0.05, 0) is 24.2 Å². The van der Waals surface area contributed by atoms with Crippen molar-refractivity contribution < 1.29 is 0 Å². The first-order chi connectivity index (χ1) is 14.2. The normalized spacial score (nSPS) is 11.2. The summed E-state index contributed by atoms with van der Waals surface area (Å²) in [5, 5.41) is 13.6. The van der Waals surface area contributed by atoms with Gasteiger partial charge in [0.2, 0.25) is 4.96 Å². The van der Waals surface area contributed by atoms with Crippen molar-refractivity contribution in [2.24, 2.45) is 5.10 Å². The summed E-state index contributed by atoms with van der Waals surface area (Å²) in [7, 11) is 0. The number of nitrogens with zero attached hydrogens (tertiary/aromatic N) is 4. The lowest BCUT2D eigenvalue weighted by atomic mass is 10.1. The Hall–Kier alpha value is -3.10. The van der Waals surface area contributed by atoms with Gasteiger partial charge >= 0.3 is 0 Å². The van der Waals surface area contributed by atoms with Gasteiger partial charge in [0.15, 0.2) is 5.11 Å². The Bertz CT molecular complexity index is 1130. The first-order valence-electron chi connectivity index (χ1n) is 9.29. The quantitative estimate of drug-likeness (QED) is 0.280. The van der Waals surface area contributed by atoms with Crippen LogP contribution in [0.2, 0.25) is 0 Å². The highest BCUT2D eigenvalue weighted by molar-refractivity contribution is 7.80. The van der Waals surface area contributed by atoms with Crippen LogP contribution in [0.25, 0.3) is 16.2 Å². The fraction of sp³-hybridized carbons (Fsp3) is 0.143. The number of imidazole rings is 1. The predicted molar refractivity (Wildman–Crippen MR) is 122 cm³/mol. The molecular formula is C21H20N6S2.